The fraction of sp³-hybridized carbons (Fsp3) is 0.364. The molecule has 0 saturated heterocycles. The fourth-order valence-electron chi connectivity index (χ4n) is 3.08. The van der Waals surface area contributed by atoms with Crippen LogP contribution in [0.4, 0.5) is 5.13 Å². The minimum atomic E-state index is -3.76. The Morgan fingerprint density at radius 1 is 1.06 bits per heavy atom. The predicted molar refractivity (Wildman–Crippen MR) is 128 cm³/mol. The lowest BCUT2D eigenvalue weighted by Crippen LogP contribution is -2.36. The first kappa shape index (κ1) is 25.1. The van der Waals surface area contributed by atoms with Crippen LogP contribution in [-0.2, 0) is 19.5 Å². The van der Waals surface area contributed by atoms with Gasteiger partial charge in [-0.2, -0.15) is 4.31 Å². The van der Waals surface area contributed by atoms with Crippen molar-refractivity contribution in [2.45, 2.75) is 11.8 Å². The molecule has 3 rings (SSSR count). The van der Waals surface area contributed by atoms with Gasteiger partial charge in [-0.15, -0.1) is 0 Å². The first-order valence-electron chi connectivity index (χ1n) is 10.3. The molecule has 2 aromatic carbocycles. The summed E-state index contributed by atoms with van der Waals surface area (Å²) in [5.41, 5.74) is 1.01. The van der Waals surface area contributed by atoms with E-state index in [-0.39, 0.29) is 37.1 Å². The van der Waals surface area contributed by atoms with Crippen LogP contribution in [0.25, 0.3) is 10.2 Å². The van der Waals surface area contributed by atoms with E-state index in [1.165, 1.54) is 54.1 Å². The van der Waals surface area contributed by atoms with Crippen molar-refractivity contribution in [3.63, 3.8) is 0 Å². The monoisotopic (exact) mass is 493 g/mol. The molecule has 0 aliphatic carbocycles. The number of nitrogens with zero attached hydrogens (tertiary/aromatic N) is 2. The molecule has 0 aliphatic rings. The van der Waals surface area contributed by atoms with Gasteiger partial charge in [0.25, 0.3) is 5.91 Å². The van der Waals surface area contributed by atoms with E-state index in [2.05, 4.69) is 10.3 Å². The van der Waals surface area contributed by atoms with E-state index in [0.717, 1.165) is 4.70 Å². The van der Waals surface area contributed by atoms with E-state index in [1.54, 1.807) is 0 Å². The molecule has 0 atom stereocenters. The number of aromatic nitrogens is 1. The van der Waals surface area contributed by atoms with Crippen molar-refractivity contribution in [1.82, 2.24) is 9.29 Å². The van der Waals surface area contributed by atoms with Gasteiger partial charge in [-0.3, -0.25) is 10.1 Å². The number of carbonyl (C=O) groups excluding carboxylic acids is 1. The molecule has 11 heteroatoms. The van der Waals surface area contributed by atoms with Gasteiger partial charge in [0, 0.05) is 32.9 Å². The van der Waals surface area contributed by atoms with Gasteiger partial charge >= 0.3 is 0 Å². The Hall–Kier alpha value is -2.57. The van der Waals surface area contributed by atoms with Gasteiger partial charge in [0.2, 0.25) is 10.0 Å². The van der Waals surface area contributed by atoms with Crippen molar-refractivity contribution in [2.24, 2.45) is 0 Å². The Labute approximate surface area is 197 Å². The number of rotatable bonds is 12. The molecule has 1 aromatic heterocycles. The van der Waals surface area contributed by atoms with Crippen LogP contribution in [0.2, 0.25) is 0 Å². The SMILES string of the molecule is CCOc1cccc2sc(NC(=O)c3ccc(S(=O)(=O)N(CCOC)CCOC)cc3)nc12. The smallest absolute Gasteiger partial charge is 0.257 e. The number of ether oxygens (including phenoxy) is 3. The number of methoxy groups -OCH3 is 2. The van der Waals surface area contributed by atoms with Gasteiger partial charge in [-0.05, 0) is 43.3 Å². The summed E-state index contributed by atoms with van der Waals surface area (Å²) in [6.07, 6.45) is 0. The molecule has 0 unspecified atom stereocenters. The van der Waals surface area contributed by atoms with Crippen LogP contribution in [-0.4, -0.2) is 70.7 Å². The highest BCUT2D eigenvalue weighted by Crippen LogP contribution is 2.32. The van der Waals surface area contributed by atoms with Crippen LogP contribution in [0, 0.1) is 0 Å². The van der Waals surface area contributed by atoms with Crippen LogP contribution in [0.1, 0.15) is 17.3 Å². The predicted octanol–water partition coefficient (Wildman–Crippen LogP) is 3.23. The van der Waals surface area contributed by atoms with Crippen LogP contribution in [0.3, 0.4) is 0 Å². The maximum Gasteiger partial charge on any atom is 0.257 e. The molecule has 1 amide bonds. The highest BCUT2D eigenvalue weighted by atomic mass is 32.2. The third kappa shape index (κ3) is 6.06. The molecule has 0 aliphatic heterocycles. The summed E-state index contributed by atoms with van der Waals surface area (Å²) in [6.45, 7) is 3.33. The molecule has 178 valence electrons. The van der Waals surface area contributed by atoms with Crippen LogP contribution < -0.4 is 10.1 Å². The normalized spacial score (nSPS) is 11.8. The lowest BCUT2D eigenvalue weighted by molar-refractivity contribution is 0.102. The van der Waals surface area contributed by atoms with Gasteiger partial charge < -0.3 is 14.2 Å². The topological polar surface area (TPSA) is 107 Å². The summed E-state index contributed by atoms with van der Waals surface area (Å²) in [5.74, 6) is 0.277. The Morgan fingerprint density at radius 3 is 2.33 bits per heavy atom. The van der Waals surface area contributed by atoms with E-state index in [4.69, 9.17) is 14.2 Å². The minimum Gasteiger partial charge on any atom is -0.492 e. The first-order valence-corrected chi connectivity index (χ1v) is 12.6. The lowest BCUT2D eigenvalue weighted by atomic mass is 10.2. The Morgan fingerprint density at radius 2 is 1.73 bits per heavy atom. The fourth-order valence-corrected chi connectivity index (χ4v) is 5.37. The van der Waals surface area contributed by atoms with Crippen molar-refractivity contribution >= 4 is 42.6 Å². The Bertz CT molecular complexity index is 1170. The maximum atomic E-state index is 13.0. The Balaban J connectivity index is 1.75. The third-order valence-corrected chi connectivity index (χ3v) is 7.60. The first-order chi connectivity index (χ1) is 15.9. The molecule has 0 fully saturated rings. The lowest BCUT2D eigenvalue weighted by Gasteiger charge is -2.21. The number of para-hydroxylation sites is 1. The van der Waals surface area contributed by atoms with E-state index in [0.29, 0.717) is 28.6 Å². The quantitative estimate of drug-likeness (QED) is 0.413. The number of fused-ring (bicyclic) bond motifs is 1. The van der Waals surface area contributed by atoms with Crippen molar-refractivity contribution in [3.05, 3.63) is 48.0 Å². The number of hydrogen-bond donors (Lipinski definition) is 1. The standard InChI is InChI=1S/C22H27N3O6S2/c1-4-31-18-6-5-7-19-20(18)23-22(32-19)24-21(26)16-8-10-17(11-9-16)33(27,28)25(12-14-29-2)13-15-30-3/h5-11H,4,12-15H2,1-3H3,(H,23,24,26). The highest BCUT2D eigenvalue weighted by molar-refractivity contribution is 7.89. The summed E-state index contributed by atoms with van der Waals surface area (Å²) in [6, 6.07) is 11.4. The molecule has 0 radical (unpaired) electrons. The number of benzene rings is 2. The molecular formula is C22H27N3O6S2. The van der Waals surface area contributed by atoms with E-state index < -0.39 is 10.0 Å². The number of amides is 1. The van der Waals surface area contributed by atoms with Gasteiger partial charge in [-0.1, -0.05) is 17.4 Å². The summed E-state index contributed by atoms with van der Waals surface area (Å²) in [7, 11) is -0.734. The summed E-state index contributed by atoms with van der Waals surface area (Å²) < 4.78 is 43.8. The second kappa shape index (κ2) is 11.5. The van der Waals surface area contributed by atoms with Crippen molar-refractivity contribution < 1.29 is 27.4 Å². The molecule has 1 heterocycles. The van der Waals surface area contributed by atoms with E-state index in [1.807, 2.05) is 25.1 Å². The number of nitrogens with one attached hydrogen (secondary N) is 1. The number of hydrogen-bond acceptors (Lipinski definition) is 8. The van der Waals surface area contributed by atoms with E-state index >= 15 is 0 Å². The van der Waals surface area contributed by atoms with Crippen LogP contribution in [0.5, 0.6) is 5.75 Å². The van der Waals surface area contributed by atoms with Gasteiger partial charge in [-0.25, -0.2) is 13.4 Å². The van der Waals surface area contributed by atoms with Crippen molar-refractivity contribution in [1.29, 1.82) is 0 Å². The molecule has 3 aromatic rings. The summed E-state index contributed by atoms with van der Waals surface area (Å²) in [4.78, 5) is 17.3. The zero-order valence-corrected chi connectivity index (χ0v) is 20.4. The molecule has 0 bridgehead atoms. The second-order valence-electron chi connectivity index (χ2n) is 6.92. The highest BCUT2D eigenvalue weighted by Gasteiger charge is 2.24. The molecule has 9 nitrogen and oxygen atoms in total. The third-order valence-electron chi connectivity index (χ3n) is 4.75. The summed E-state index contributed by atoms with van der Waals surface area (Å²) >= 11 is 1.34. The average molecular weight is 494 g/mol. The van der Waals surface area contributed by atoms with E-state index in [9.17, 15) is 13.2 Å². The molecule has 0 saturated carbocycles. The molecule has 1 N–H and O–H groups in total. The van der Waals surface area contributed by atoms with Crippen molar-refractivity contribution in [3.8, 4) is 5.75 Å². The van der Waals surface area contributed by atoms with Gasteiger partial charge in [0.15, 0.2) is 5.13 Å². The minimum absolute atomic E-state index is 0.0904. The van der Waals surface area contributed by atoms with Crippen LogP contribution >= 0.6 is 11.3 Å². The van der Waals surface area contributed by atoms with Crippen molar-refractivity contribution in [2.75, 3.05) is 52.4 Å². The Kier molecular flexibility index (Phi) is 8.75. The number of carbonyl (C=O) groups is 1. The number of sulfonamides is 1. The zero-order chi connectivity index (χ0) is 23.8. The van der Waals surface area contributed by atoms with Gasteiger partial charge in [0.05, 0.1) is 29.4 Å². The van der Waals surface area contributed by atoms with Gasteiger partial charge in [0.1, 0.15) is 11.3 Å². The molecule has 33 heavy (non-hydrogen) atoms. The summed E-state index contributed by atoms with van der Waals surface area (Å²) in [5, 5.41) is 3.21. The largest absolute Gasteiger partial charge is 0.492 e. The average Bonchev–Trinajstić information content (AvgIpc) is 3.22. The number of thiazole rings is 1. The molecule has 0 spiro atoms. The van der Waals surface area contributed by atoms with Crippen LogP contribution in [0.15, 0.2) is 47.4 Å². The molecular weight excluding hydrogens is 466 g/mol. The number of anilines is 1. The second-order valence-corrected chi connectivity index (χ2v) is 9.89. The zero-order valence-electron chi connectivity index (χ0n) is 18.7. The maximum absolute atomic E-state index is 13.0.